The van der Waals surface area contributed by atoms with Gasteiger partial charge in [0.15, 0.2) is 5.82 Å². The fourth-order valence-corrected chi connectivity index (χ4v) is 2.50. The Morgan fingerprint density at radius 1 is 1.12 bits per heavy atom. The van der Waals surface area contributed by atoms with Gasteiger partial charge in [0.05, 0.1) is 11.3 Å². The highest BCUT2D eigenvalue weighted by molar-refractivity contribution is 5.98. The van der Waals surface area contributed by atoms with E-state index >= 15 is 0 Å². The van der Waals surface area contributed by atoms with Crippen molar-refractivity contribution < 1.29 is 9.90 Å². The first-order valence-electron chi connectivity index (χ1n) is 7.54. The highest BCUT2D eigenvalue weighted by atomic mass is 16.4. The molecule has 0 atom stereocenters. The van der Waals surface area contributed by atoms with Gasteiger partial charge >= 0.3 is 5.97 Å². The van der Waals surface area contributed by atoms with E-state index in [9.17, 15) is 4.79 Å². The number of aliphatic imine (C=N–C) groups is 1. The topological polar surface area (TPSA) is 115 Å². The zero-order valence-electron chi connectivity index (χ0n) is 13.3. The number of nitrogens with zero attached hydrogens (tertiary/aromatic N) is 2. The summed E-state index contributed by atoms with van der Waals surface area (Å²) in [5.74, 6) is -0.270. The molecule has 0 aliphatic rings. The molecule has 3 aromatic rings. The number of aromatic nitrogens is 1. The maximum atomic E-state index is 11.0. The van der Waals surface area contributed by atoms with Crippen LogP contribution in [0.15, 0.2) is 71.9 Å². The van der Waals surface area contributed by atoms with Crippen LogP contribution in [0.25, 0.3) is 22.0 Å². The Bertz CT molecular complexity index is 992. The standard InChI is InChI=1S/C19H16N4O2/c20-10-9-16(21)22-17-11-14-3-1-2-4-15(14)18(23-17)12-5-7-13(8-6-12)19(24)25/h1-11H,20H2,(H,24,25)(H2,21,22,23)/b10-9-. The molecule has 0 spiro atoms. The van der Waals surface area contributed by atoms with Gasteiger partial charge in [0.1, 0.15) is 5.84 Å². The number of rotatable bonds is 4. The normalized spacial score (nSPS) is 11.9. The largest absolute Gasteiger partial charge is 0.478 e. The van der Waals surface area contributed by atoms with Crippen molar-refractivity contribution >= 4 is 28.4 Å². The van der Waals surface area contributed by atoms with E-state index < -0.39 is 5.97 Å². The average molecular weight is 332 g/mol. The lowest BCUT2D eigenvalue weighted by atomic mass is 10.0. The number of aromatic carboxylic acids is 1. The molecule has 5 N–H and O–H groups in total. The molecule has 124 valence electrons. The average Bonchev–Trinajstić information content (AvgIpc) is 2.61. The number of carbonyl (C=O) groups is 1. The van der Waals surface area contributed by atoms with E-state index in [-0.39, 0.29) is 11.4 Å². The summed E-state index contributed by atoms with van der Waals surface area (Å²) >= 11 is 0. The zero-order chi connectivity index (χ0) is 17.8. The number of nitrogens with two attached hydrogens (primary N) is 2. The molecule has 0 saturated carbocycles. The van der Waals surface area contributed by atoms with Crippen LogP contribution in [0.3, 0.4) is 0 Å². The molecule has 2 aromatic carbocycles. The third-order valence-corrected chi connectivity index (χ3v) is 3.64. The number of fused-ring (bicyclic) bond motifs is 1. The van der Waals surface area contributed by atoms with Crippen molar-refractivity contribution in [3.8, 4) is 11.3 Å². The number of pyridine rings is 1. The third kappa shape index (κ3) is 3.48. The summed E-state index contributed by atoms with van der Waals surface area (Å²) in [5.41, 5.74) is 12.8. The minimum atomic E-state index is -0.968. The van der Waals surface area contributed by atoms with Gasteiger partial charge in [0.2, 0.25) is 0 Å². The van der Waals surface area contributed by atoms with Gasteiger partial charge in [-0.2, -0.15) is 0 Å². The van der Waals surface area contributed by atoms with Gasteiger partial charge in [0, 0.05) is 10.9 Å². The van der Waals surface area contributed by atoms with E-state index in [1.807, 2.05) is 30.3 Å². The summed E-state index contributed by atoms with van der Waals surface area (Å²) in [6.45, 7) is 0. The SMILES string of the molecule is N/C=C\C(N)=N/c1cc2ccccc2c(-c2ccc(C(=O)O)cc2)n1. The quantitative estimate of drug-likeness (QED) is 0.502. The van der Waals surface area contributed by atoms with Crippen LogP contribution in [-0.2, 0) is 0 Å². The summed E-state index contributed by atoms with van der Waals surface area (Å²) in [6.07, 6.45) is 2.80. The highest BCUT2D eigenvalue weighted by Crippen LogP contribution is 2.30. The molecule has 0 aliphatic heterocycles. The van der Waals surface area contributed by atoms with Crippen molar-refractivity contribution in [3.63, 3.8) is 0 Å². The second kappa shape index (κ2) is 6.84. The Kier molecular flexibility index (Phi) is 4.43. The van der Waals surface area contributed by atoms with Crippen LogP contribution < -0.4 is 11.5 Å². The molecular formula is C19H16N4O2. The first kappa shape index (κ1) is 16.2. The molecule has 0 aliphatic carbocycles. The van der Waals surface area contributed by atoms with E-state index in [1.54, 1.807) is 24.3 Å². The summed E-state index contributed by atoms with van der Waals surface area (Å²) in [6, 6.07) is 16.2. The van der Waals surface area contributed by atoms with E-state index in [0.29, 0.717) is 11.5 Å². The number of carboxylic acid groups (broad SMARTS) is 1. The minimum absolute atomic E-state index is 0.222. The Labute approximate surface area is 144 Å². The van der Waals surface area contributed by atoms with Crippen LogP contribution in [0.5, 0.6) is 0 Å². The van der Waals surface area contributed by atoms with E-state index in [2.05, 4.69) is 9.98 Å². The van der Waals surface area contributed by atoms with Gasteiger partial charge in [-0.15, -0.1) is 0 Å². The molecule has 0 saturated heterocycles. The molecule has 6 heteroatoms. The first-order valence-corrected chi connectivity index (χ1v) is 7.54. The number of hydrogen-bond donors (Lipinski definition) is 3. The van der Waals surface area contributed by atoms with Gasteiger partial charge < -0.3 is 16.6 Å². The molecule has 0 unspecified atom stereocenters. The van der Waals surface area contributed by atoms with Crippen LogP contribution in [0, 0.1) is 0 Å². The van der Waals surface area contributed by atoms with Crippen molar-refractivity contribution in [1.82, 2.24) is 4.98 Å². The summed E-state index contributed by atoms with van der Waals surface area (Å²) in [4.78, 5) is 19.9. The predicted octanol–water partition coefficient (Wildman–Crippen LogP) is 3.06. The summed E-state index contributed by atoms with van der Waals surface area (Å²) < 4.78 is 0. The maximum Gasteiger partial charge on any atom is 0.335 e. The number of amidine groups is 1. The van der Waals surface area contributed by atoms with Crippen molar-refractivity contribution in [2.45, 2.75) is 0 Å². The number of hydrogen-bond acceptors (Lipinski definition) is 4. The molecule has 0 fully saturated rings. The Balaban J connectivity index is 2.18. The Morgan fingerprint density at radius 2 is 1.84 bits per heavy atom. The number of benzene rings is 2. The highest BCUT2D eigenvalue weighted by Gasteiger charge is 2.09. The predicted molar refractivity (Wildman–Crippen MR) is 98.7 cm³/mol. The molecule has 25 heavy (non-hydrogen) atoms. The van der Waals surface area contributed by atoms with Crippen LogP contribution >= 0.6 is 0 Å². The Hall–Kier alpha value is -3.67. The fourth-order valence-electron chi connectivity index (χ4n) is 2.50. The van der Waals surface area contributed by atoms with Gasteiger partial charge in [0.25, 0.3) is 0 Å². The molecule has 0 bridgehead atoms. The summed E-state index contributed by atoms with van der Waals surface area (Å²) in [5, 5.41) is 10.9. The van der Waals surface area contributed by atoms with Crippen LogP contribution in [0.2, 0.25) is 0 Å². The Morgan fingerprint density at radius 3 is 2.52 bits per heavy atom. The smallest absolute Gasteiger partial charge is 0.335 e. The molecule has 0 amide bonds. The fraction of sp³-hybridized carbons (Fsp3) is 0. The zero-order valence-corrected chi connectivity index (χ0v) is 13.3. The summed E-state index contributed by atoms with van der Waals surface area (Å²) in [7, 11) is 0. The van der Waals surface area contributed by atoms with E-state index in [4.69, 9.17) is 16.6 Å². The monoisotopic (exact) mass is 332 g/mol. The van der Waals surface area contributed by atoms with E-state index in [1.165, 1.54) is 12.3 Å². The molecule has 1 aromatic heterocycles. The lowest BCUT2D eigenvalue weighted by molar-refractivity contribution is 0.0697. The third-order valence-electron chi connectivity index (χ3n) is 3.64. The van der Waals surface area contributed by atoms with Crippen molar-refractivity contribution in [1.29, 1.82) is 0 Å². The van der Waals surface area contributed by atoms with Gasteiger partial charge in [-0.05, 0) is 35.9 Å². The van der Waals surface area contributed by atoms with Crippen molar-refractivity contribution in [3.05, 3.63) is 72.4 Å². The van der Waals surface area contributed by atoms with Gasteiger partial charge in [-0.25, -0.2) is 14.8 Å². The molecule has 3 rings (SSSR count). The lowest BCUT2D eigenvalue weighted by Gasteiger charge is -2.08. The molecule has 6 nitrogen and oxygen atoms in total. The lowest BCUT2D eigenvalue weighted by Crippen LogP contribution is -2.07. The van der Waals surface area contributed by atoms with Crippen molar-refractivity contribution in [2.75, 3.05) is 0 Å². The molecule has 1 heterocycles. The van der Waals surface area contributed by atoms with Crippen LogP contribution in [0.1, 0.15) is 10.4 Å². The number of carboxylic acids is 1. The van der Waals surface area contributed by atoms with Crippen LogP contribution in [-0.4, -0.2) is 21.9 Å². The van der Waals surface area contributed by atoms with E-state index in [0.717, 1.165) is 16.3 Å². The van der Waals surface area contributed by atoms with Crippen LogP contribution in [0.4, 0.5) is 5.82 Å². The molecule has 0 radical (unpaired) electrons. The van der Waals surface area contributed by atoms with Crippen molar-refractivity contribution in [2.24, 2.45) is 16.5 Å². The second-order valence-electron chi connectivity index (χ2n) is 5.33. The molecular weight excluding hydrogens is 316 g/mol. The second-order valence-corrected chi connectivity index (χ2v) is 5.33. The maximum absolute atomic E-state index is 11.0. The first-order chi connectivity index (χ1) is 12.1. The van der Waals surface area contributed by atoms with Gasteiger partial charge in [-0.3, -0.25) is 0 Å². The van der Waals surface area contributed by atoms with Gasteiger partial charge in [-0.1, -0.05) is 36.4 Å². The minimum Gasteiger partial charge on any atom is -0.478 e.